The number of amides is 1. The van der Waals surface area contributed by atoms with Crippen molar-refractivity contribution in [1.29, 1.82) is 0 Å². The molecule has 6 heteroatoms. The van der Waals surface area contributed by atoms with Gasteiger partial charge in [-0.3, -0.25) is 9.69 Å². The number of piperazine rings is 1. The van der Waals surface area contributed by atoms with Crippen LogP contribution in [0.1, 0.15) is 19.7 Å². The van der Waals surface area contributed by atoms with Gasteiger partial charge in [0.25, 0.3) is 0 Å². The van der Waals surface area contributed by atoms with Crippen molar-refractivity contribution >= 4 is 22.6 Å². The van der Waals surface area contributed by atoms with Gasteiger partial charge in [-0.15, -0.1) is 0 Å². The van der Waals surface area contributed by atoms with E-state index in [-0.39, 0.29) is 11.8 Å². The summed E-state index contributed by atoms with van der Waals surface area (Å²) < 4.78 is 2.15. The van der Waals surface area contributed by atoms with Crippen molar-refractivity contribution in [3.8, 4) is 0 Å². The molecule has 0 spiro atoms. The van der Waals surface area contributed by atoms with Crippen molar-refractivity contribution in [2.75, 3.05) is 38.5 Å². The zero-order chi connectivity index (χ0) is 17.3. The van der Waals surface area contributed by atoms with E-state index in [4.69, 9.17) is 4.98 Å². The summed E-state index contributed by atoms with van der Waals surface area (Å²) in [7, 11) is 4.23. The van der Waals surface area contributed by atoms with Crippen molar-refractivity contribution in [2.45, 2.75) is 20.4 Å². The van der Waals surface area contributed by atoms with Gasteiger partial charge < -0.3 is 14.8 Å². The van der Waals surface area contributed by atoms with Gasteiger partial charge in [0.1, 0.15) is 5.82 Å². The molecule has 1 aliphatic heterocycles. The van der Waals surface area contributed by atoms with E-state index in [0.717, 1.165) is 55.3 Å². The van der Waals surface area contributed by atoms with Gasteiger partial charge in [0, 0.05) is 44.8 Å². The van der Waals surface area contributed by atoms with E-state index in [2.05, 4.69) is 33.8 Å². The molecule has 2 heterocycles. The van der Waals surface area contributed by atoms with Crippen LogP contribution in [0.4, 0.5) is 5.69 Å². The SMILES string of the molecule is CC(C)C(=O)Nc1ccc2c(c1)nc(CN1CCN(C)CC1)n2C. The molecule has 1 aliphatic rings. The van der Waals surface area contributed by atoms with Crippen LogP contribution in [-0.2, 0) is 18.4 Å². The highest BCUT2D eigenvalue weighted by Crippen LogP contribution is 2.21. The third kappa shape index (κ3) is 3.60. The molecule has 1 saturated heterocycles. The number of nitrogens with zero attached hydrogens (tertiary/aromatic N) is 4. The number of carbonyl (C=O) groups is 1. The minimum absolute atomic E-state index is 0.0303. The van der Waals surface area contributed by atoms with Gasteiger partial charge in [-0.1, -0.05) is 13.8 Å². The molecule has 1 N–H and O–H groups in total. The Morgan fingerprint density at radius 3 is 2.58 bits per heavy atom. The number of aromatic nitrogens is 2. The molecular formula is C18H27N5O. The molecule has 1 fully saturated rings. The highest BCUT2D eigenvalue weighted by Gasteiger charge is 2.17. The molecule has 6 nitrogen and oxygen atoms in total. The number of anilines is 1. The lowest BCUT2D eigenvalue weighted by atomic mass is 10.2. The Hall–Kier alpha value is -1.92. The lowest BCUT2D eigenvalue weighted by molar-refractivity contribution is -0.118. The quantitative estimate of drug-likeness (QED) is 0.931. The topological polar surface area (TPSA) is 53.4 Å². The van der Waals surface area contributed by atoms with Crippen LogP contribution in [0.5, 0.6) is 0 Å². The van der Waals surface area contributed by atoms with E-state index < -0.39 is 0 Å². The molecule has 0 unspecified atom stereocenters. The fourth-order valence-corrected chi connectivity index (χ4v) is 2.96. The first-order valence-electron chi connectivity index (χ1n) is 8.61. The van der Waals surface area contributed by atoms with Crippen molar-refractivity contribution < 1.29 is 4.79 Å². The molecule has 1 aromatic carbocycles. The Kier molecular flexibility index (Phi) is 4.87. The highest BCUT2D eigenvalue weighted by atomic mass is 16.1. The third-order valence-corrected chi connectivity index (χ3v) is 4.73. The van der Waals surface area contributed by atoms with Crippen LogP contribution in [0.2, 0.25) is 0 Å². The molecule has 24 heavy (non-hydrogen) atoms. The largest absolute Gasteiger partial charge is 0.330 e. The maximum atomic E-state index is 11.9. The number of aryl methyl sites for hydroxylation is 1. The number of carbonyl (C=O) groups excluding carboxylic acids is 1. The summed E-state index contributed by atoms with van der Waals surface area (Å²) in [6, 6.07) is 5.94. The number of imidazole rings is 1. The smallest absolute Gasteiger partial charge is 0.226 e. The molecule has 3 rings (SSSR count). The zero-order valence-corrected chi connectivity index (χ0v) is 15.0. The van der Waals surface area contributed by atoms with Gasteiger partial charge >= 0.3 is 0 Å². The van der Waals surface area contributed by atoms with Gasteiger partial charge in [0.05, 0.1) is 17.6 Å². The van der Waals surface area contributed by atoms with E-state index in [0.29, 0.717) is 0 Å². The molecule has 1 amide bonds. The van der Waals surface area contributed by atoms with Crippen LogP contribution in [0.3, 0.4) is 0 Å². The third-order valence-electron chi connectivity index (χ3n) is 4.73. The Bertz CT molecular complexity index is 728. The van der Waals surface area contributed by atoms with E-state index in [1.165, 1.54) is 0 Å². The van der Waals surface area contributed by atoms with Gasteiger partial charge in [-0.05, 0) is 25.2 Å². The molecular weight excluding hydrogens is 302 g/mol. The van der Waals surface area contributed by atoms with Crippen molar-refractivity contribution in [3.05, 3.63) is 24.0 Å². The van der Waals surface area contributed by atoms with E-state index >= 15 is 0 Å². The van der Waals surface area contributed by atoms with Crippen LogP contribution >= 0.6 is 0 Å². The standard InChI is InChI=1S/C18H27N5O/c1-13(2)18(24)19-14-5-6-16-15(11-14)20-17(22(16)4)12-23-9-7-21(3)8-10-23/h5-6,11,13H,7-10,12H2,1-4H3,(H,19,24). The minimum Gasteiger partial charge on any atom is -0.330 e. The maximum absolute atomic E-state index is 11.9. The fraction of sp³-hybridized carbons (Fsp3) is 0.556. The first kappa shape index (κ1) is 16.9. The van der Waals surface area contributed by atoms with Gasteiger partial charge in [0.2, 0.25) is 5.91 Å². The number of hydrogen-bond acceptors (Lipinski definition) is 4. The summed E-state index contributed by atoms with van der Waals surface area (Å²) in [4.78, 5) is 21.5. The Balaban J connectivity index is 1.78. The van der Waals surface area contributed by atoms with E-state index in [1.807, 2.05) is 32.0 Å². The second-order valence-electron chi connectivity index (χ2n) is 7.01. The maximum Gasteiger partial charge on any atom is 0.226 e. The average molecular weight is 329 g/mol. The minimum atomic E-state index is -0.0303. The number of fused-ring (bicyclic) bond motifs is 1. The molecule has 2 aromatic rings. The number of rotatable bonds is 4. The van der Waals surface area contributed by atoms with Crippen LogP contribution in [0, 0.1) is 5.92 Å². The predicted octanol–water partition coefficient (Wildman–Crippen LogP) is 1.92. The first-order valence-corrected chi connectivity index (χ1v) is 8.61. The van der Waals surface area contributed by atoms with Crippen molar-refractivity contribution in [3.63, 3.8) is 0 Å². The molecule has 0 saturated carbocycles. The van der Waals surface area contributed by atoms with Gasteiger partial charge in [0.15, 0.2) is 0 Å². The summed E-state index contributed by atoms with van der Waals surface area (Å²) in [5, 5.41) is 2.94. The summed E-state index contributed by atoms with van der Waals surface area (Å²) >= 11 is 0. The second kappa shape index (κ2) is 6.91. The van der Waals surface area contributed by atoms with Gasteiger partial charge in [-0.2, -0.15) is 0 Å². The lowest BCUT2D eigenvalue weighted by Gasteiger charge is -2.31. The van der Waals surface area contributed by atoms with Gasteiger partial charge in [-0.25, -0.2) is 4.98 Å². The molecule has 1 aromatic heterocycles. The number of likely N-dealkylation sites (N-methyl/N-ethyl adjacent to an activating group) is 1. The lowest BCUT2D eigenvalue weighted by Crippen LogP contribution is -2.44. The zero-order valence-electron chi connectivity index (χ0n) is 15.0. The number of hydrogen-bond donors (Lipinski definition) is 1. The van der Waals surface area contributed by atoms with E-state index in [9.17, 15) is 4.79 Å². The average Bonchev–Trinajstić information content (AvgIpc) is 2.85. The molecule has 130 valence electrons. The van der Waals surface area contributed by atoms with E-state index in [1.54, 1.807) is 0 Å². The number of nitrogens with one attached hydrogen (secondary N) is 1. The molecule has 0 radical (unpaired) electrons. The summed E-state index contributed by atoms with van der Waals surface area (Å²) in [5.41, 5.74) is 2.84. The Labute approximate surface area is 143 Å². The second-order valence-corrected chi connectivity index (χ2v) is 7.01. The Morgan fingerprint density at radius 2 is 1.92 bits per heavy atom. The van der Waals surface area contributed by atoms with Crippen molar-refractivity contribution in [1.82, 2.24) is 19.4 Å². The fourth-order valence-electron chi connectivity index (χ4n) is 2.96. The first-order chi connectivity index (χ1) is 11.4. The predicted molar refractivity (Wildman–Crippen MR) is 97.0 cm³/mol. The summed E-state index contributed by atoms with van der Waals surface area (Å²) in [6.07, 6.45) is 0. The summed E-state index contributed by atoms with van der Waals surface area (Å²) in [5.74, 6) is 1.07. The monoisotopic (exact) mass is 329 g/mol. The summed E-state index contributed by atoms with van der Waals surface area (Å²) in [6.45, 7) is 9.02. The van der Waals surface area contributed by atoms with Crippen LogP contribution < -0.4 is 5.32 Å². The van der Waals surface area contributed by atoms with Crippen molar-refractivity contribution in [2.24, 2.45) is 13.0 Å². The van der Waals surface area contributed by atoms with Crippen LogP contribution in [0.15, 0.2) is 18.2 Å². The molecule has 0 bridgehead atoms. The van der Waals surface area contributed by atoms with Crippen LogP contribution in [-0.4, -0.2) is 58.5 Å². The Morgan fingerprint density at radius 1 is 1.21 bits per heavy atom. The normalized spacial score (nSPS) is 16.9. The highest BCUT2D eigenvalue weighted by molar-refractivity contribution is 5.94. The molecule has 0 atom stereocenters. The number of benzene rings is 1. The molecule has 0 aliphatic carbocycles. The van der Waals surface area contributed by atoms with Crippen LogP contribution in [0.25, 0.3) is 11.0 Å².